The second-order valence-corrected chi connectivity index (χ2v) is 13.5. The van der Waals surface area contributed by atoms with Gasteiger partial charge in [-0.2, -0.15) is 5.10 Å². The van der Waals surface area contributed by atoms with E-state index in [9.17, 15) is 13.2 Å². The Hall–Kier alpha value is -2.37. The number of rotatable bonds is 7. The maximum absolute atomic E-state index is 12.4. The van der Waals surface area contributed by atoms with Gasteiger partial charge in [-0.15, -0.1) is 11.3 Å². The molecule has 2 amide bonds. The van der Waals surface area contributed by atoms with Gasteiger partial charge >= 0.3 is 6.03 Å². The molecule has 8 nitrogen and oxygen atoms in total. The van der Waals surface area contributed by atoms with Gasteiger partial charge in [0.05, 0.1) is 23.0 Å². The number of nitrogens with one attached hydrogen (secondary N) is 2. The molecule has 1 aromatic carbocycles. The van der Waals surface area contributed by atoms with E-state index in [1.807, 2.05) is 23.1 Å². The summed E-state index contributed by atoms with van der Waals surface area (Å²) < 4.78 is 29.1. The molecule has 38 heavy (non-hydrogen) atoms. The molecular weight excluding hydrogens is 565 g/mol. The highest BCUT2D eigenvalue weighted by Gasteiger charge is 2.27. The number of hydrogen-bond acceptors (Lipinski definition) is 6. The summed E-state index contributed by atoms with van der Waals surface area (Å²) in [5.74, 6) is 0. The summed E-state index contributed by atoms with van der Waals surface area (Å²) in [6.07, 6.45) is 8.89. The number of amides is 2. The van der Waals surface area contributed by atoms with Crippen LogP contribution in [0.3, 0.4) is 0 Å². The number of sulfonamides is 1. The highest BCUT2D eigenvalue weighted by Crippen LogP contribution is 2.35. The van der Waals surface area contributed by atoms with Crippen molar-refractivity contribution < 1.29 is 13.2 Å². The lowest BCUT2D eigenvalue weighted by Gasteiger charge is -2.33. The van der Waals surface area contributed by atoms with Gasteiger partial charge in [-0.25, -0.2) is 17.9 Å². The summed E-state index contributed by atoms with van der Waals surface area (Å²) in [7, 11) is -4.05. The highest BCUT2D eigenvalue weighted by atomic mass is 35.5. The molecule has 1 fully saturated rings. The molecule has 12 heteroatoms. The monoisotopic (exact) mass is 593 g/mol. The lowest BCUT2D eigenvalue weighted by Crippen LogP contribution is -2.39. The molecule has 1 aliphatic heterocycles. The topological polar surface area (TPSA) is 96.3 Å². The summed E-state index contributed by atoms with van der Waals surface area (Å²) in [6.45, 7) is 3.20. The van der Waals surface area contributed by atoms with Gasteiger partial charge in [-0.3, -0.25) is 9.58 Å². The standard InChI is InChI=1S/C26H29Cl2N5O3S2/c27-22-15-23(37-25(22)28)38(35,36)31-26(34)29-12-9-19-7-4-8-20-16-30-33(24(19)20)21-10-13-32(14-11-21)17-18-5-2-1-3-6-18/h1-3,5-6,9,15-16,21H,4,7-8,10-14,17H2,(H2,29,31,34). The zero-order valence-corrected chi connectivity index (χ0v) is 23.8. The van der Waals surface area contributed by atoms with Crippen LogP contribution in [0.5, 0.6) is 0 Å². The highest BCUT2D eigenvalue weighted by molar-refractivity contribution is 7.92. The van der Waals surface area contributed by atoms with Crippen LogP contribution in [0.15, 0.2) is 52.9 Å². The van der Waals surface area contributed by atoms with E-state index in [1.54, 1.807) is 0 Å². The fourth-order valence-corrected chi connectivity index (χ4v) is 7.90. The van der Waals surface area contributed by atoms with Gasteiger partial charge in [0.2, 0.25) is 0 Å². The minimum Gasteiger partial charge on any atom is -0.334 e. The van der Waals surface area contributed by atoms with Crippen molar-refractivity contribution in [3.8, 4) is 0 Å². The van der Waals surface area contributed by atoms with Crippen molar-refractivity contribution in [3.63, 3.8) is 0 Å². The van der Waals surface area contributed by atoms with E-state index in [0.717, 1.165) is 74.3 Å². The SMILES string of the molecule is O=C(NCC=C1CCCc2cnn(C3CCN(Cc4ccccc4)CC3)c21)NS(=O)(=O)c1cc(Cl)c(Cl)s1. The van der Waals surface area contributed by atoms with Gasteiger partial charge in [-0.05, 0) is 54.9 Å². The molecule has 0 radical (unpaired) electrons. The number of carbonyl (C=O) groups excluding carboxylic acids is 1. The zero-order valence-electron chi connectivity index (χ0n) is 20.7. The smallest absolute Gasteiger partial charge is 0.328 e. The van der Waals surface area contributed by atoms with Crippen molar-refractivity contribution in [2.45, 2.75) is 48.9 Å². The average Bonchev–Trinajstić information content (AvgIpc) is 3.49. The number of urea groups is 1. The molecule has 0 atom stereocenters. The number of benzene rings is 1. The van der Waals surface area contributed by atoms with E-state index in [1.165, 1.54) is 17.2 Å². The van der Waals surface area contributed by atoms with Crippen LogP contribution in [0, 0.1) is 0 Å². The maximum atomic E-state index is 12.4. The van der Waals surface area contributed by atoms with E-state index in [-0.39, 0.29) is 20.1 Å². The van der Waals surface area contributed by atoms with E-state index in [2.05, 4.69) is 39.2 Å². The lowest BCUT2D eigenvalue weighted by molar-refractivity contribution is 0.172. The molecule has 2 N–H and O–H groups in total. The molecule has 2 aromatic heterocycles. The van der Waals surface area contributed by atoms with Crippen LogP contribution < -0.4 is 10.0 Å². The molecule has 0 spiro atoms. The Labute approximate surface area is 236 Å². The van der Waals surface area contributed by atoms with Crippen LogP contribution in [0.1, 0.15) is 48.5 Å². The quantitative estimate of drug-likeness (QED) is 0.377. The third-order valence-corrected chi connectivity index (χ3v) is 10.6. The Kier molecular flexibility index (Phi) is 8.44. The maximum Gasteiger partial charge on any atom is 0.328 e. The molecule has 2 aliphatic rings. The largest absolute Gasteiger partial charge is 0.334 e. The van der Waals surface area contributed by atoms with Gasteiger partial charge in [0.25, 0.3) is 10.0 Å². The van der Waals surface area contributed by atoms with E-state index < -0.39 is 16.1 Å². The van der Waals surface area contributed by atoms with Crippen LogP contribution in [-0.4, -0.2) is 48.8 Å². The number of aromatic nitrogens is 2. The number of nitrogens with zero attached hydrogens (tertiary/aromatic N) is 3. The second kappa shape index (κ2) is 11.8. The number of fused-ring (bicyclic) bond motifs is 1. The molecular formula is C26H29Cl2N5O3S2. The summed E-state index contributed by atoms with van der Waals surface area (Å²) in [6, 6.07) is 11.3. The first kappa shape index (κ1) is 27.2. The Balaban J connectivity index is 1.20. The van der Waals surface area contributed by atoms with Gasteiger partial charge in [0, 0.05) is 26.2 Å². The van der Waals surface area contributed by atoms with Crippen molar-refractivity contribution in [1.29, 1.82) is 0 Å². The minimum atomic E-state index is -4.05. The van der Waals surface area contributed by atoms with Gasteiger partial charge < -0.3 is 5.32 Å². The summed E-state index contributed by atoms with van der Waals surface area (Å²) in [5.41, 5.74) is 4.85. The minimum absolute atomic E-state index is 0.114. The van der Waals surface area contributed by atoms with Crippen molar-refractivity contribution in [2.75, 3.05) is 19.6 Å². The third kappa shape index (κ3) is 6.26. The third-order valence-electron chi connectivity index (χ3n) is 6.95. The normalized spacial score (nSPS) is 17.9. The average molecular weight is 595 g/mol. The van der Waals surface area contributed by atoms with Gasteiger partial charge in [0.15, 0.2) is 0 Å². The van der Waals surface area contributed by atoms with E-state index in [0.29, 0.717) is 6.04 Å². The molecule has 0 saturated carbocycles. The Bertz CT molecular complexity index is 1410. The fraction of sp³-hybridized carbons (Fsp3) is 0.385. The number of halogens is 2. The molecule has 1 aliphatic carbocycles. The van der Waals surface area contributed by atoms with Gasteiger partial charge in [-0.1, -0.05) is 59.6 Å². The van der Waals surface area contributed by atoms with E-state index >= 15 is 0 Å². The van der Waals surface area contributed by atoms with Gasteiger partial charge in [0.1, 0.15) is 8.55 Å². The van der Waals surface area contributed by atoms with Crippen molar-refractivity contribution in [1.82, 2.24) is 24.7 Å². The molecule has 0 unspecified atom stereocenters. The first-order valence-corrected chi connectivity index (χ1v) is 15.6. The number of likely N-dealkylation sites (tertiary alicyclic amines) is 1. The van der Waals surface area contributed by atoms with Crippen LogP contribution in [0.2, 0.25) is 9.36 Å². The number of allylic oxidation sites excluding steroid dienone is 1. The first-order chi connectivity index (χ1) is 18.3. The molecule has 3 aromatic rings. The molecule has 202 valence electrons. The van der Waals surface area contributed by atoms with Crippen LogP contribution >= 0.6 is 34.5 Å². The Morgan fingerprint density at radius 1 is 1.16 bits per heavy atom. The Morgan fingerprint density at radius 2 is 1.92 bits per heavy atom. The first-order valence-electron chi connectivity index (χ1n) is 12.6. The number of piperidine rings is 1. The predicted octanol–water partition coefficient (Wildman–Crippen LogP) is 5.50. The summed E-state index contributed by atoms with van der Waals surface area (Å²) in [5, 5.41) is 7.53. The Morgan fingerprint density at radius 3 is 2.63 bits per heavy atom. The second-order valence-electron chi connectivity index (χ2n) is 9.54. The number of carbonyl (C=O) groups is 1. The number of hydrogen-bond donors (Lipinski definition) is 2. The van der Waals surface area contributed by atoms with E-state index in [4.69, 9.17) is 28.3 Å². The van der Waals surface area contributed by atoms with Crippen molar-refractivity contribution >= 4 is 56.2 Å². The van der Waals surface area contributed by atoms with Crippen LogP contribution in [0.25, 0.3) is 5.57 Å². The zero-order chi connectivity index (χ0) is 26.7. The fourth-order valence-electron chi connectivity index (χ4n) is 5.10. The summed E-state index contributed by atoms with van der Waals surface area (Å²) in [4.78, 5) is 14.8. The molecule has 5 rings (SSSR count). The van der Waals surface area contributed by atoms with Crippen molar-refractivity contribution in [2.24, 2.45) is 0 Å². The van der Waals surface area contributed by atoms with Crippen molar-refractivity contribution in [3.05, 3.63) is 74.9 Å². The molecule has 3 heterocycles. The number of aryl methyl sites for hydroxylation is 1. The number of thiophene rings is 1. The predicted molar refractivity (Wildman–Crippen MR) is 151 cm³/mol. The summed E-state index contributed by atoms with van der Waals surface area (Å²) >= 11 is 12.5. The van der Waals surface area contributed by atoms with Crippen LogP contribution in [0.4, 0.5) is 4.79 Å². The lowest BCUT2D eigenvalue weighted by atomic mass is 9.92. The molecule has 0 bridgehead atoms. The molecule has 1 saturated heterocycles. The van der Waals surface area contributed by atoms with Crippen LogP contribution in [-0.2, 0) is 23.0 Å².